The van der Waals surface area contributed by atoms with Gasteiger partial charge in [0.05, 0.1) is 0 Å². The van der Waals surface area contributed by atoms with Gasteiger partial charge in [-0.05, 0) is 27.2 Å². The Bertz CT molecular complexity index is 439. The second kappa shape index (κ2) is 5.61. The minimum absolute atomic E-state index is 0.220. The van der Waals surface area contributed by atoms with Crippen molar-refractivity contribution in [1.82, 2.24) is 15.5 Å². The Morgan fingerprint density at radius 2 is 2.11 bits per heavy atom. The summed E-state index contributed by atoms with van der Waals surface area (Å²) >= 11 is 0. The van der Waals surface area contributed by atoms with E-state index in [1.54, 1.807) is 6.92 Å². The lowest BCUT2D eigenvalue weighted by Crippen LogP contribution is -2.49. The highest BCUT2D eigenvalue weighted by atomic mass is 16.5. The zero-order valence-electron chi connectivity index (χ0n) is 10.7. The molecule has 0 aliphatic carbocycles. The summed E-state index contributed by atoms with van der Waals surface area (Å²) < 4.78 is 4.90. The Morgan fingerprint density at radius 1 is 1.44 bits per heavy atom. The predicted molar refractivity (Wildman–Crippen MR) is 61.8 cm³/mol. The first kappa shape index (κ1) is 14.1. The highest BCUT2D eigenvalue weighted by Gasteiger charge is 2.28. The van der Waals surface area contributed by atoms with E-state index in [-0.39, 0.29) is 12.3 Å². The summed E-state index contributed by atoms with van der Waals surface area (Å²) in [7, 11) is 0. The first-order valence-electron chi connectivity index (χ1n) is 5.65. The van der Waals surface area contributed by atoms with Crippen LogP contribution in [-0.4, -0.2) is 32.7 Å². The molecule has 0 aromatic carbocycles. The molecule has 7 nitrogen and oxygen atoms in total. The van der Waals surface area contributed by atoms with Crippen LogP contribution in [0.3, 0.4) is 0 Å². The first-order valence-corrected chi connectivity index (χ1v) is 5.65. The van der Waals surface area contributed by atoms with Crippen LogP contribution < -0.4 is 5.32 Å². The number of carboxylic acid groups (broad SMARTS) is 1. The standard InChI is InChI=1S/C11H17N3O4/c1-7-12-9(18-14-7)6-4-5-8(15)13-11(2,3)10(16)17/h4-6H2,1-3H3,(H,13,15)(H,16,17). The van der Waals surface area contributed by atoms with E-state index < -0.39 is 11.5 Å². The van der Waals surface area contributed by atoms with Crippen LogP contribution >= 0.6 is 0 Å². The van der Waals surface area contributed by atoms with Gasteiger partial charge < -0.3 is 14.9 Å². The number of hydrogen-bond donors (Lipinski definition) is 2. The third-order valence-electron chi connectivity index (χ3n) is 2.35. The molecule has 7 heteroatoms. The molecule has 0 aliphatic heterocycles. The lowest BCUT2D eigenvalue weighted by atomic mass is 10.1. The highest BCUT2D eigenvalue weighted by Crippen LogP contribution is 2.05. The Kier molecular flexibility index (Phi) is 4.41. The summed E-state index contributed by atoms with van der Waals surface area (Å²) in [6.45, 7) is 4.60. The normalized spacial score (nSPS) is 11.3. The van der Waals surface area contributed by atoms with E-state index in [4.69, 9.17) is 9.63 Å². The molecule has 0 atom stereocenters. The Labute approximate surface area is 105 Å². The number of amides is 1. The summed E-state index contributed by atoms with van der Waals surface area (Å²) in [5, 5.41) is 14.9. The van der Waals surface area contributed by atoms with Gasteiger partial charge in [-0.15, -0.1) is 0 Å². The molecular weight excluding hydrogens is 238 g/mol. The Balaban J connectivity index is 2.32. The summed E-state index contributed by atoms with van der Waals surface area (Å²) in [4.78, 5) is 26.3. The molecule has 0 saturated heterocycles. The molecule has 0 radical (unpaired) electrons. The molecule has 2 N–H and O–H groups in total. The van der Waals surface area contributed by atoms with Gasteiger partial charge in [-0.3, -0.25) is 4.79 Å². The molecule has 1 amide bonds. The number of carbonyl (C=O) groups excluding carboxylic acids is 1. The fourth-order valence-electron chi connectivity index (χ4n) is 1.31. The predicted octanol–water partition coefficient (Wildman–Crippen LogP) is 0.680. The number of nitrogens with zero attached hydrogens (tertiary/aromatic N) is 2. The number of hydrogen-bond acceptors (Lipinski definition) is 5. The lowest BCUT2D eigenvalue weighted by molar-refractivity contribution is -0.146. The first-order chi connectivity index (χ1) is 8.31. The highest BCUT2D eigenvalue weighted by molar-refractivity contribution is 5.86. The number of carbonyl (C=O) groups is 2. The summed E-state index contributed by atoms with van der Waals surface area (Å²) in [6, 6.07) is 0. The monoisotopic (exact) mass is 255 g/mol. The maximum atomic E-state index is 11.5. The van der Waals surface area contributed by atoms with Gasteiger partial charge >= 0.3 is 5.97 Å². The fraction of sp³-hybridized carbons (Fsp3) is 0.636. The van der Waals surface area contributed by atoms with Crippen LogP contribution in [0.2, 0.25) is 0 Å². The third-order valence-corrected chi connectivity index (χ3v) is 2.35. The molecule has 0 fully saturated rings. The smallest absolute Gasteiger partial charge is 0.328 e. The molecule has 100 valence electrons. The van der Waals surface area contributed by atoms with Gasteiger partial charge in [0.2, 0.25) is 11.8 Å². The second-order valence-corrected chi connectivity index (χ2v) is 4.57. The van der Waals surface area contributed by atoms with Gasteiger partial charge in [-0.2, -0.15) is 4.98 Å². The molecule has 0 aliphatic rings. The van der Waals surface area contributed by atoms with Crippen molar-refractivity contribution in [3.05, 3.63) is 11.7 Å². The minimum atomic E-state index is -1.25. The van der Waals surface area contributed by atoms with Gasteiger partial charge in [-0.1, -0.05) is 5.16 Å². The summed E-state index contributed by atoms with van der Waals surface area (Å²) in [6.07, 6.45) is 1.25. The Morgan fingerprint density at radius 3 is 2.61 bits per heavy atom. The van der Waals surface area contributed by atoms with Crippen molar-refractivity contribution >= 4 is 11.9 Å². The molecule has 0 spiro atoms. The minimum Gasteiger partial charge on any atom is -0.480 e. The van der Waals surface area contributed by atoms with E-state index in [2.05, 4.69) is 15.5 Å². The van der Waals surface area contributed by atoms with E-state index >= 15 is 0 Å². The van der Waals surface area contributed by atoms with Gasteiger partial charge in [0.15, 0.2) is 5.82 Å². The van der Waals surface area contributed by atoms with Gasteiger partial charge in [0, 0.05) is 12.8 Å². The molecule has 18 heavy (non-hydrogen) atoms. The summed E-state index contributed by atoms with van der Waals surface area (Å²) in [5.41, 5.74) is -1.25. The SMILES string of the molecule is Cc1noc(CCCC(=O)NC(C)(C)C(=O)O)n1. The maximum absolute atomic E-state index is 11.5. The molecule has 0 saturated carbocycles. The largest absolute Gasteiger partial charge is 0.480 e. The molecule has 0 unspecified atom stereocenters. The lowest BCUT2D eigenvalue weighted by Gasteiger charge is -2.20. The molecule has 1 rings (SSSR count). The van der Waals surface area contributed by atoms with E-state index in [1.165, 1.54) is 13.8 Å². The molecule has 1 aromatic rings. The van der Waals surface area contributed by atoms with Crippen LogP contribution in [0.1, 0.15) is 38.4 Å². The average Bonchev–Trinajstić information content (AvgIpc) is 2.63. The molecule has 0 bridgehead atoms. The van der Waals surface area contributed by atoms with Gasteiger partial charge in [-0.25, -0.2) is 4.79 Å². The van der Waals surface area contributed by atoms with Crippen molar-refractivity contribution in [2.45, 2.75) is 45.6 Å². The maximum Gasteiger partial charge on any atom is 0.328 e. The Hall–Kier alpha value is -1.92. The van der Waals surface area contributed by atoms with Crippen LogP contribution in [0, 0.1) is 6.92 Å². The quantitative estimate of drug-likeness (QED) is 0.774. The van der Waals surface area contributed by atoms with E-state index in [1.807, 2.05) is 0 Å². The van der Waals surface area contributed by atoms with Crippen LogP contribution in [0.4, 0.5) is 0 Å². The topological polar surface area (TPSA) is 105 Å². The van der Waals surface area contributed by atoms with E-state index in [0.717, 1.165) is 0 Å². The third kappa shape index (κ3) is 4.15. The van der Waals surface area contributed by atoms with Gasteiger partial charge in [0.1, 0.15) is 5.54 Å². The van der Waals surface area contributed by atoms with Gasteiger partial charge in [0.25, 0.3) is 0 Å². The fourth-order valence-corrected chi connectivity index (χ4v) is 1.31. The van der Waals surface area contributed by atoms with E-state index in [0.29, 0.717) is 24.6 Å². The number of nitrogens with one attached hydrogen (secondary N) is 1. The summed E-state index contributed by atoms with van der Waals surface area (Å²) in [5.74, 6) is -0.332. The number of aryl methyl sites for hydroxylation is 2. The van der Waals surface area contributed by atoms with Crippen LogP contribution in [0.5, 0.6) is 0 Å². The van der Waals surface area contributed by atoms with E-state index in [9.17, 15) is 9.59 Å². The second-order valence-electron chi connectivity index (χ2n) is 4.57. The number of aliphatic carboxylic acids is 1. The number of rotatable bonds is 6. The zero-order chi connectivity index (χ0) is 13.8. The average molecular weight is 255 g/mol. The van der Waals surface area contributed by atoms with Crippen LogP contribution in [0.15, 0.2) is 4.52 Å². The van der Waals surface area contributed by atoms with Crippen molar-refractivity contribution in [3.63, 3.8) is 0 Å². The van der Waals surface area contributed by atoms with Crippen molar-refractivity contribution in [2.75, 3.05) is 0 Å². The van der Waals surface area contributed by atoms with Crippen molar-refractivity contribution in [1.29, 1.82) is 0 Å². The molecule has 1 heterocycles. The van der Waals surface area contributed by atoms with Crippen LogP contribution in [-0.2, 0) is 16.0 Å². The number of carboxylic acids is 1. The number of aromatic nitrogens is 2. The van der Waals surface area contributed by atoms with Crippen molar-refractivity contribution in [2.24, 2.45) is 0 Å². The van der Waals surface area contributed by atoms with Crippen molar-refractivity contribution < 1.29 is 19.2 Å². The molecular formula is C11H17N3O4. The van der Waals surface area contributed by atoms with Crippen molar-refractivity contribution in [3.8, 4) is 0 Å². The van der Waals surface area contributed by atoms with Crippen LogP contribution in [0.25, 0.3) is 0 Å². The zero-order valence-corrected chi connectivity index (χ0v) is 10.7. The molecule has 1 aromatic heterocycles.